The van der Waals surface area contributed by atoms with Crippen LogP contribution in [0.5, 0.6) is 0 Å². The van der Waals surface area contributed by atoms with Gasteiger partial charge in [0.1, 0.15) is 6.29 Å². The summed E-state index contributed by atoms with van der Waals surface area (Å²) in [6.45, 7) is 10.9. The Kier molecular flexibility index (Phi) is 12.4. The van der Waals surface area contributed by atoms with Crippen LogP contribution in [0.2, 0.25) is 0 Å². The lowest BCUT2D eigenvalue weighted by molar-refractivity contribution is -0.112. The van der Waals surface area contributed by atoms with Gasteiger partial charge in [0.25, 0.3) is 0 Å². The number of rotatable bonds is 13. The predicted octanol–water partition coefficient (Wildman–Crippen LogP) is 4.43. The first-order valence-electron chi connectivity index (χ1n) is 8.35. The van der Waals surface area contributed by atoms with Crippen molar-refractivity contribution in [3.05, 3.63) is 0 Å². The average Bonchev–Trinajstić information content (AvgIpc) is 2.42. The smallest absolute Gasteiger partial charge is 0.123 e. The SMILES string of the molecule is CCCCC(CCC)CNCC(CCC)C(C)C=O. The van der Waals surface area contributed by atoms with Crippen molar-refractivity contribution in [3.63, 3.8) is 0 Å². The minimum absolute atomic E-state index is 0.188. The number of hydrogen-bond acceptors (Lipinski definition) is 2. The molecule has 0 bridgehead atoms. The lowest BCUT2D eigenvalue weighted by Gasteiger charge is -2.22. The fourth-order valence-electron chi connectivity index (χ4n) is 2.76. The zero-order chi connectivity index (χ0) is 14.5. The van der Waals surface area contributed by atoms with Crippen LogP contribution in [-0.4, -0.2) is 19.4 Å². The first-order chi connectivity index (χ1) is 9.19. The van der Waals surface area contributed by atoms with Crippen molar-refractivity contribution in [3.8, 4) is 0 Å². The fraction of sp³-hybridized carbons (Fsp3) is 0.941. The molecule has 0 aromatic carbocycles. The third kappa shape index (κ3) is 9.21. The Bertz CT molecular complexity index is 205. The summed E-state index contributed by atoms with van der Waals surface area (Å²) < 4.78 is 0. The molecule has 0 aliphatic carbocycles. The molecule has 0 aromatic rings. The van der Waals surface area contributed by atoms with Crippen LogP contribution in [0.25, 0.3) is 0 Å². The van der Waals surface area contributed by atoms with Gasteiger partial charge in [-0.25, -0.2) is 0 Å². The summed E-state index contributed by atoms with van der Waals surface area (Å²) in [6, 6.07) is 0. The van der Waals surface area contributed by atoms with E-state index >= 15 is 0 Å². The largest absolute Gasteiger partial charge is 0.316 e. The molecule has 0 spiro atoms. The Morgan fingerprint density at radius 2 is 1.63 bits per heavy atom. The summed E-state index contributed by atoms with van der Waals surface area (Å²) in [5, 5.41) is 3.62. The highest BCUT2D eigenvalue weighted by Crippen LogP contribution is 2.17. The molecule has 0 saturated carbocycles. The first kappa shape index (κ1) is 18.6. The summed E-state index contributed by atoms with van der Waals surface area (Å²) in [5.74, 6) is 1.52. The van der Waals surface area contributed by atoms with Crippen LogP contribution in [0, 0.1) is 17.8 Å². The lowest BCUT2D eigenvalue weighted by atomic mass is 9.90. The Hall–Kier alpha value is -0.370. The summed E-state index contributed by atoms with van der Waals surface area (Å²) >= 11 is 0. The maximum absolute atomic E-state index is 10.9. The molecule has 0 saturated heterocycles. The summed E-state index contributed by atoms with van der Waals surface area (Å²) in [4.78, 5) is 10.9. The third-order valence-electron chi connectivity index (χ3n) is 4.12. The molecule has 1 N–H and O–H groups in total. The second-order valence-electron chi connectivity index (χ2n) is 6.00. The predicted molar refractivity (Wildman–Crippen MR) is 84.4 cm³/mol. The number of aldehydes is 1. The first-order valence-corrected chi connectivity index (χ1v) is 8.35. The van der Waals surface area contributed by atoms with Crippen molar-refractivity contribution in [2.45, 2.75) is 72.6 Å². The van der Waals surface area contributed by atoms with Gasteiger partial charge in [0.2, 0.25) is 0 Å². The maximum atomic E-state index is 10.9. The molecule has 2 nitrogen and oxygen atoms in total. The topological polar surface area (TPSA) is 29.1 Å². The van der Waals surface area contributed by atoms with Crippen molar-refractivity contribution >= 4 is 6.29 Å². The summed E-state index contributed by atoms with van der Waals surface area (Å²) in [6.07, 6.45) is 10.0. The second kappa shape index (κ2) is 12.7. The summed E-state index contributed by atoms with van der Waals surface area (Å²) in [7, 11) is 0. The number of nitrogens with one attached hydrogen (secondary N) is 1. The van der Waals surface area contributed by atoms with Gasteiger partial charge in [-0.05, 0) is 44.2 Å². The van der Waals surface area contributed by atoms with E-state index in [0.29, 0.717) is 5.92 Å². The zero-order valence-electron chi connectivity index (χ0n) is 13.6. The van der Waals surface area contributed by atoms with E-state index in [1.807, 2.05) is 0 Å². The second-order valence-corrected chi connectivity index (χ2v) is 6.00. The van der Waals surface area contributed by atoms with E-state index in [0.717, 1.165) is 31.7 Å². The molecule has 3 unspecified atom stereocenters. The minimum Gasteiger partial charge on any atom is -0.316 e. The molecule has 19 heavy (non-hydrogen) atoms. The van der Waals surface area contributed by atoms with Crippen LogP contribution in [0.3, 0.4) is 0 Å². The highest BCUT2D eigenvalue weighted by Gasteiger charge is 2.16. The van der Waals surface area contributed by atoms with Crippen LogP contribution in [0.15, 0.2) is 0 Å². The van der Waals surface area contributed by atoms with Crippen LogP contribution >= 0.6 is 0 Å². The average molecular weight is 269 g/mol. The molecule has 0 rings (SSSR count). The van der Waals surface area contributed by atoms with Gasteiger partial charge < -0.3 is 10.1 Å². The van der Waals surface area contributed by atoms with E-state index < -0.39 is 0 Å². The normalized spacial score (nSPS) is 16.0. The van der Waals surface area contributed by atoms with Gasteiger partial charge in [-0.3, -0.25) is 0 Å². The molecule has 3 atom stereocenters. The van der Waals surface area contributed by atoms with Crippen LogP contribution < -0.4 is 5.32 Å². The van der Waals surface area contributed by atoms with Crippen molar-refractivity contribution in [1.29, 1.82) is 0 Å². The molecule has 114 valence electrons. The molecule has 0 amide bonds. The van der Waals surface area contributed by atoms with Gasteiger partial charge in [-0.1, -0.05) is 53.4 Å². The molecular formula is C17H35NO. The monoisotopic (exact) mass is 269 g/mol. The molecule has 0 radical (unpaired) electrons. The Morgan fingerprint density at radius 3 is 2.16 bits per heavy atom. The van der Waals surface area contributed by atoms with E-state index in [1.54, 1.807) is 0 Å². The number of carbonyl (C=O) groups is 1. The molecule has 0 aromatic heterocycles. The van der Waals surface area contributed by atoms with Crippen LogP contribution in [0.4, 0.5) is 0 Å². The van der Waals surface area contributed by atoms with Crippen molar-refractivity contribution < 1.29 is 4.79 Å². The third-order valence-corrected chi connectivity index (χ3v) is 4.12. The van der Waals surface area contributed by atoms with Crippen molar-refractivity contribution in [2.24, 2.45) is 17.8 Å². The van der Waals surface area contributed by atoms with Gasteiger partial charge in [0.15, 0.2) is 0 Å². The van der Waals surface area contributed by atoms with Crippen molar-refractivity contribution in [2.75, 3.05) is 13.1 Å². The molecule has 0 fully saturated rings. The van der Waals surface area contributed by atoms with E-state index in [1.165, 1.54) is 38.5 Å². The highest BCUT2D eigenvalue weighted by molar-refractivity contribution is 5.53. The molecule has 2 heteroatoms. The van der Waals surface area contributed by atoms with E-state index in [2.05, 4.69) is 33.0 Å². The fourth-order valence-corrected chi connectivity index (χ4v) is 2.76. The Morgan fingerprint density at radius 1 is 0.947 bits per heavy atom. The number of carbonyl (C=O) groups excluding carboxylic acids is 1. The van der Waals surface area contributed by atoms with Gasteiger partial charge >= 0.3 is 0 Å². The molecule has 0 heterocycles. The van der Waals surface area contributed by atoms with Gasteiger partial charge in [0.05, 0.1) is 0 Å². The van der Waals surface area contributed by atoms with Crippen LogP contribution in [-0.2, 0) is 4.79 Å². The van der Waals surface area contributed by atoms with Gasteiger partial charge in [0, 0.05) is 5.92 Å². The lowest BCUT2D eigenvalue weighted by Crippen LogP contribution is -2.31. The molecule has 0 aliphatic heterocycles. The number of hydrogen-bond donors (Lipinski definition) is 1. The highest BCUT2D eigenvalue weighted by atomic mass is 16.1. The van der Waals surface area contributed by atoms with E-state index in [4.69, 9.17) is 0 Å². The number of unbranched alkanes of at least 4 members (excludes halogenated alkanes) is 1. The van der Waals surface area contributed by atoms with E-state index in [9.17, 15) is 4.79 Å². The van der Waals surface area contributed by atoms with Crippen molar-refractivity contribution in [1.82, 2.24) is 5.32 Å². The Balaban J connectivity index is 4.00. The Labute approximate surface area is 120 Å². The van der Waals surface area contributed by atoms with Crippen LogP contribution in [0.1, 0.15) is 72.6 Å². The summed E-state index contributed by atoms with van der Waals surface area (Å²) in [5.41, 5.74) is 0. The standard InChI is InChI=1S/C17H35NO/c1-5-8-11-16(9-6-2)12-18-13-17(10-7-3)15(4)14-19/h14-18H,5-13H2,1-4H3. The maximum Gasteiger partial charge on any atom is 0.123 e. The zero-order valence-corrected chi connectivity index (χ0v) is 13.6. The molecular weight excluding hydrogens is 234 g/mol. The minimum atomic E-state index is 0.188. The van der Waals surface area contributed by atoms with Gasteiger partial charge in [-0.15, -0.1) is 0 Å². The molecule has 0 aliphatic rings. The quantitative estimate of drug-likeness (QED) is 0.501. The van der Waals surface area contributed by atoms with Gasteiger partial charge in [-0.2, -0.15) is 0 Å². The van der Waals surface area contributed by atoms with E-state index in [-0.39, 0.29) is 5.92 Å².